The smallest absolute Gasteiger partial charge is 0.141 e. The van der Waals surface area contributed by atoms with Crippen molar-refractivity contribution in [2.75, 3.05) is 36.4 Å². The molecule has 0 saturated heterocycles. The Morgan fingerprint density at radius 3 is 2.77 bits per heavy atom. The van der Waals surface area contributed by atoms with Gasteiger partial charge in [0.1, 0.15) is 18.0 Å². The molecule has 0 radical (unpaired) electrons. The standard InChI is InChI=1S/C18H27N7S/c19-6-1-2-8-23-18-15(17(22)24-12-25-18)16(21)14-5-3-4-13(10-14)11-26-9-7-20/h3-5,10,12,21H,1-2,6-9,11,19-20H2,(H3,22,23,24,25). The van der Waals surface area contributed by atoms with E-state index >= 15 is 0 Å². The molecular weight excluding hydrogens is 346 g/mol. The van der Waals surface area contributed by atoms with Gasteiger partial charge < -0.3 is 22.5 Å². The van der Waals surface area contributed by atoms with E-state index in [1.54, 1.807) is 11.8 Å². The molecule has 0 unspecified atom stereocenters. The molecule has 0 fully saturated rings. The van der Waals surface area contributed by atoms with Crippen molar-refractivity contribution in [1.29, 1.82) is 5.41 Å². The summed E-state index contributed by atoms with van der Waals surface area (Å²) in [7, 11) is 0. The largest absolute Gasteiger partial charge is 0.383 e. The highest BCUT2D eigenvalue weighted by Gasteiger charge is 2.16. The number of aromatic nitrogens is 2. The highest BCUT2D eigenvalue weighted by atomic mass is 32.2. The first kappa shape index (κ1) is 20.2. The number of nitrogens with zero attached hydrogens (tertiary/aromatic N) is 2. The maximum absolute atomic E-state index is 8.63. The number of hydrogen-bond acceptors (Lipinski definition) is 8. The topological polar surface area (TPSA) is 140 Å². The average molecular weight is 374 g/mol. The number of hydrogen-bond donors (Lipinski definition) is 5. The van der Waals surface area contributed by atoms with Crippen molar-refractivity contribution in [2.24, 2.45) is 11.5 Å². The Morgan fingerprint density at radius 2 is 2.00 bits per heavy atom. The molecule has 0 atom stereocenters. The van der Waals surface area contributed by atoms with Gasteiger partial charge in [0.25, 0.3) is 0 Å². The second-order valence-electron chi connectivity index (χ2n) is 5.82. The third kappa shape index (κ3) is 5.69. The van der Waals surface area contributed by atoms with Gasteiger partial charge in [0, 0.05) is 30.2 Å². The fourth-order valence-electron chi connectivity index (χ4n) is 2.49. The minimum Gasteiger partial charge on any atom is -0.383 e. The number of thioether (sulfide) groups is 1. The summed E-state index contributed by atoms with van der Waals surface area (Å²) in [5.41, 5.74) is 19.9. The molecule has 7 nitrogen and oxygen atoms in total. The van der Waals surface area contributed by atoms with Gasteiger partial charge in [0.05, 0.1) is 11.3 Å². The Kier molecular flexibility index (Phi) is 8.33. The second kappa shape index (κ2) is 10.7. The number of nitrogens with two attached hydrogens (primary N) is 3. The van der Waals surface area contributed by atoms with Crippen LogP contribution in [0.1, 0.15) is 29.5 Å². The van der Waals surface area contributed by atoms with Crippen molar-refractivity contribution in [3.05, 3.63) is 47.3 Å². The number of nitrogen functional groups attached to an aromatic ring is 1. The highest BCUT2D eigenvalue weighted by Crippen LogP contribution is 2.23. The maximum atomic E-state index is 8.63. The van der Waals surface area contributed by atoms with Gasteiger partial charge in [-0.25, -0.2) is 9.97 Å². The summed E-state index contributed by atoms with van der Waals surface area (Å²) in [5.74, 6) is 2.66. The van der Waals surface area contributed by atoms with Crippen LogP contribution in [-0.2, 0) is 5.75 Å². The van der Waals surface area contributed by atoms with Gasteiger partial charge in [-0.15, -0.1) is 0 Å². The third-order valence-corrected chi connectivity index (χ3v) is 4.86. The highest BCUT2D eigenvalue weighted by molar-refractivity contribution is 7.98. The lowest BCUT2D eigenvalue weighted by Gasteiger charge is -2.14. The van der Waals surface area contributed by atoms with E-state index in [1.807, 2.05) is 18.2 Å². The summed E-state index contributed by atoms with van der Waals surface area (Å²) in [6.45, 7) is 2.05. The molecule has 1 aromatic heterocycles. The van der Waals surface area contributed by atoms with Crippen LogP contribution >= 0.6 is 11.8 Å². The molecule has 0 saturated carbocycles. The molecule has 2 aromatic rings. The van der Waals surface area contributed by atoms with Crippen LogP contribution in [0.5, 0.6) is 0 Å². The zero-order valence-electron chi connectivity index (χ0n) is 14.9. The first-order valence-corrected chi connectivity index (χ1v) is 9.83. The van der Waals surface area contributed by atoms with Gasteiger partial charge in [-0.3, -0.25) is 5.41 Å². The summed E-state index contributed by atoms with van der Waals surface area (Å²) in [5, 5.41) is 11.9. The van der Waals surface area contributed by atoms with Crippen molar-refractivity contribution in [3.8, 4) is 0 Å². The molecule has 8 heteroatoms. The van der Waals surface area contributed by atoms with E-state index < -0.39 is 0 Å². The zero-order valence-corrected chi connectivity index (χ0v) is 15.7. The molecule has 0 aliphatic rings. The molecule has 0 amide bonds. The van der Waals surface area contributed by atoms with E-state index in [0.29, 0.717) is 36.0 Å². The minimum absolute atomic E-state index is 0.300. The zero-order chi connectivity index (χ0) is 18.8. The fourth-order valence-corrected chi connectivity index (χ4v) is 3.22. The Bertz CT molecular complexity index is 720. The van der Waals surface area contributed by atoms with E-state index in [2.05, 4.69) is 21.4 Å². The maximum Gasteiger partial charge on any atom is 0.141 e. The van der Waals surface area contributed by atoms with Crippen LogP contribution in [0.15, 0.2) is 30.6 Å². The summed E-state index contributed by atoms with van der Waals surface area (Å²) < 4.78 is 0. The van der Waals surface area contributed by atoms with Crippen LogP contribution in [0.25, 0.3) is 0 Å². The predicted octanol–water partition coefficient (Wildman–Crippen LogP) is 1.82. The van der Waals surface area contributed by atoms with Gasteiger partial charge in [-0.05, 0) is 31.0 Å². The number of unbranched alkanes of at least 4 members (excludes halogenated alkanes) is 1. The van der Waals surface area contributed by atoms with Crippen LogP contribution in [0.3, 0.4) is 0 Å². The normalized spacial score (nSPS) is 10.7. The number of benzene rings is 1. The fraction of sp³-hybridized carbons (Fsp3) is 0.389. The van der Waals surface area contributed by atoms with Crippen LogP contribution in [0.4, 0.5) is 11.6 Å². The van der Waals surface area contributed by atoms with Crippen LogP contribution < -0.4 is 22.5 Å². The van der Waals surface area contributed by atoms with Crippen molar-refractivity contribution in [2.45, 2.75) is 18.6 Å². The quantitative estimate of drug-likeness (QED) is 0.299. The average Bonchev–Trinajstić information content (AvgIpc) is 2.65. The van der Waals surface area contributed by atoms with Gasteiger partial charge in [-0.1, -0.05) is 18.2 Å². The number of rotatable bonds is 11. The first-order valence-electron chi connectivity index (χ1n) is 8.67. The predicted molar refractivity (Wildman–Crippen MR) is 111 cm³/mol. The molecule has 1 aromatic carbocycles. The van der Waals surface area contributed by atoms with Crippen LogP contribution in [0.2, 0.25) is 0 Å². The van der Waals surface area contributed by atoms with Gasteiger partial charge in [0.15, 0.2) is 0 Å². The lowest BCUT2D eigenvalue weighted by atomic mass is 10.0. The summed E-state index contributed by atoms with van der Waals surface area (Å²) in [4.78, 5) is 8.34. The van der Waals surface area contributed by atoms with E-state index in [-0.39, 0.29) is 0 Å². The van der Waals surface area contributed by atoms with Crippen molar-refractivity contribution >= 4 is 29.1 Å². The molecule has 0 aliphatic heterocycles. The summed E-state index contributed by atoms with van der Waals surface area (Å²) >= 11 is 1.78. The molecule has 0 aliphatic carbocycles. The molecule has 1 heterocycles. The van der Waals surface area contributed by atoms with Gasteiger partial charge >= 0.3 is 0 Å². The second-order valence-corrected chi connectivity index (χ2v) is 6.93. The Hall–Kier alpha value is -2.16. The van der Waals surface area contributed by atoms with E-state index in [9.17, 15) is 0 Å². The molecule has 26 heavy (non-hydrogen) atoms. The summed E-state index contributed by atoms with van der Waals surface area (Å²) in [6.07, 6.45) is 3.28. The van der Waals surface area contributed by atoms with Gasteiger partial charge in [-0.2, -0.15) is 11.8 Å². The number of nitrogens with one attached hydrogen (secondary N) is 2. The monoisotopic (exact) mass is 373 g/mol. The minimum atomic E-state index is 0.300. The lowest BCUT2D eigenvalue weighted by Crippen LogP contribution is -2.15. The molecule has 2 rings (SSSR count). The molecule has 0 spiro atoms. The Balaban J connectivity index is 2.19. The van der Waals surface area contributed by atoms with Crippen LogP contribution in [-0.4, -0.2) is 41.1 Å². The first-order chi connectivity index (χ1) is 12.7. The molecule has 140 valence electrons. The van der Waals surface area contributed by atoms with Crippen molar-refractivity contribution < 1.29 is 0 Å². The number of anilines is 2. The Labute approximate surface area is 158 Å². The third-order valence-electron chi connectivity index (χ3n) is 3.80. The SMILES string of the molecule is N=C(c1cccc(CSCCN)c1)c1c(N)ncnc1NCCCCN. The van der Waals surface area contributed by atoms with Crippen molar-refractivity contribution in [3.63, 3.8) is 0 Å². The molecule has 0 bridgehead atoms. The van der Waals surface area contributed by atoms with Crippen molar-refractivity contribution in [1.82, 2.24) is 9.97 Å². The lowest BCUT2D eigenvalue weighted by molar-refractivity contribution is 0.772. The van der Waals surface area contributed by atoms with Crippen LogP contribution in [0, 0.1) is 5.41 Å². The molecular formula is C18H27N7S. The van der Waals surface area contributed by atoms with E-state index in [1.165, 1.54) is 6.33 Å². The van der Waals surface area contributed by atoms with E-state index in [0.717, 1.165) is 42.0 Å². The van der Waals surface area contributed by atoms with Gasteiger partial charge in [0.2, 0.25) is 0 Å². The Morgan fingerprint density at radius 1 is 1.15 bits per heavy atom. The van der Waals surface area contributed by atoms with E-state index in [4.69, 9.17) is 22.6 Å². The summed E-state index contributed by atoms with van der Waals surface area (Å²) in [6, 6.07) is 7.92. The molecule has 8 N–H and O–H groups in total.